The van der Waals surface area contributed by atoms with Crippen LogP contribution in [-0.4, -0.2) is 23.9 Å². The lowest BCUT2D eigenvalue weighted by molar-refractivity contribution is -0.145. The summed E-state index contributed by atoms with van der Waals surface area (Å²) in [6.45, 7) is 11.4. The fourth-order valence-corrected chi connectivity index (χ4v) is 4.97. The second-order valence-corrected chi connectivity index (χ2v) is 8.05. The standard InChI is InChI=1S/C17H29NO/c1-11(2)14-8-13-9-18(10-15(13)12(14)3)16(19)17(4)6-5-7-17/h11-15H,5-10H2,1-4H3. The summed E-state index contributed by atoms with van der Waals surface area (Å²) >= 11 is 0. The van der Waals surface area contributed by atoms with Gasteiger partial charge in [-0.3, -0.25) is 4.79 Å². The monoisotopic (exact) mass is 263 g/mol. The van der Waals surface area contributed by atoms with Gasteiger partial charge in [-0.05, 0) is 48.9 Å². The lowest BCUT2D eigenvalue weighted by Gasteiger charge is -2.40. The van der Waals surface area contributed by atoms with Crippen molar-refractivity contribution in [2.24, 2.45) is 35.0 Å². The third-order valence-electron chi connectivity index (χ3n) is 6.53. The maximum absolute atomic E-state index is 12.6. The molecule has 108 valence electrons. The van der Waals surface area contributed by atoms with E-state index in [-0.39, 0.29) is 5.41 Å². The van der Waals surface area contributed by atoms with Gasteiger partial charge in [0.1, 0.15) is 0 Å². The van der Waals surface area contributed by atoms with E-state index in [1.54, 1.807) is 0 Å². The van der Waals surface area contributed by atoms with Gasteiger partial charge >= 0.3 is 0 Å². The lowest BCUT2D eigenvalue weighted by Crippen LogP contribution is -2.45. The predicted molar refractivity (Wildman–Crippen MR) is 77.6 cm³/mol. The van der Waals surface area contributed by atoms with Gasteiger partial charge in [-0.25, -0.2) is 0 Å². The average molecular weight is 263 g/mol. The first-order valence-electron chi connectivity index (χ1n) is 8.22. The highest BCUT2D eigenvalue weighted by Crippen LogP contribution is 2.50. The Hall–Kier alpha value is -0.530. The van der Waals surface area contributed by atoms with Crippen molar-refractivity contribution < 1.29 is 4.79 Å². The maximum atomic E-state index is 12.6. The van der Waals surface area contributed by atoms with Gasteiger partial charge in [0, 0.05) is 18.5 Å². The van der Waals surface area contributed by atoms with Crippen LogP contribution >= 0.6 is 0 Å². The minimum Gasteiger partial charge on any atom is -0.342 e. The van der Waals surface area contributed by atoms with Crippen LogP contribution in [-0.2, 0) is 4.79 Å². The molecule has 4 unspecified atom stereocenters. The van der Waals surface area contributed by atoms with Crippen molar-refractivity contribution in [3.63, 3.8) is 0 Å². The summed E-state index contributed by atoms with van der Waals surface area (Å²) in [6.07, 6.45) is 4.82. The number of rotatable bonds is 2. The fraction of sp³-hybridized carbons (Fsp3) is 0.941. The van der Waals surface area contributed by atoms with Crippen LogP contribution in [0.1, 0.15) is 53.4 Å². The first kappa shape index (κ1) is 13.5. The van der Waals surface area contributed by atoms with Gasteiger partial charge in [-0.2, -0.15) is 0 Å². The van der Waals surface area contributed by atoms with E-state index in [0.717, 1.165) is 55.5 Å². The van der Waals surface area contributed by atoms with Crippen molar-refractivity contribution in [1.29, 1.82) is 0 Å². The summed E-state index contributed by atoms with van der Waals surface area (Å²) in [5, 5.41) is 0. The molecule has 3 rings (SSSR count). The zero-order valence-electron chi connectivity index (χ0n) is 13.0. The molecular weight excluding hydrogens is 234 g/mol. The Morgan fingerprint density at radius 1 is 1.26 bits per heavy atom. The van der Waals surface area contributed by atoms with Gasteiger partial charge in [-0.1, -0.05) is 34.1 Å². The Balaban J connectivity index is 1.65. The summed E-state index contributed by atoms with van der Waals surface area (Å²) in [6, 6.07) is 0. The molecule has 2 aliphatic carbocycles. The smallest absolute Gasteiger partial charge is 0.228 e. The Morgan fingerprint density at radius 3 is 2.42 bits per heavy atom. The molecule has 0 spiro atoms. The molecule has 0 radical (unpaired) electrons. The molecule has 0 bridgehead atoms. The predicted octanol–water partition coefficient (Wildman–Crippen LogP) is 3.56. The van der Waals surface area contributed by atoms with Crippen LogP contribution in [0.2, 0.25) is 0 Å². The molecule has 19 heavy (non-hydrogen) atoms. The molecule has 2 saturated carbocycles. The van der Waals surface area contributed by atoms with Crippen LogP contribution in [0.5, 0.6) is 0 Å². The van der Waals surface area contributed by atoms with Crippen LogP contribution in [0.3, 0.4) is 0 Å². The highest BCUT2D eigenvalue weighted by molar-refractivity contribution is 5.83. The molecule has 0 aromatic carbocycles. The minimum absolute atomic E-state index is 0.000670. The number of nitrogens with zero attached hydrogens (tertiary/aromatic N) is 1. The van der Waals surface area contributed by atoms with Crippen molar-refractivity contribution >= 4 is 5.91 Å². The Kier molecular flexibility index (Phi) is 3.18. The Labute approximate surface area is 117 Å². The highest BCUT2D eigenvalue weighted by atomic mass is 16.2. The zero-order chi connectivity index (χ0) is 13.8. The van der Waals surface area contributed by atoms with Crippen LogP contribution in [0.25, 0.3) is 0 Å². The Morgan fingerprint density at radius 2 is 1.95 bits per heavy atom. The molecule has 3 aliphatic rings. The molecule has 1 amide bonds. The van der Waals surface area contributed by atoms with E-state index in [0.29, 0.717) is 5.91 Å². The van der Waals surface area contributed by atoms with Crippen LogP contribution in [0, 0.1) is 35.0 Å². The molecular formula is C17H29NO. The summed E-state index contributed by atoms with van der Waals surface area (Å²) < 4.78 is 0. The minimum atomic E-state index is -0.000670. The fourth-order valence-electron chi connectivity index (χ4n) is 4.97. The molecule has 0 aromatic rings. The highest BCUT2D eigenvalue weighted by Gasteiger charge is 2.50. The Bertz CT molecular complexity index is 371. The molecule has 1 heterocycles. The van der Waals surface area contributed by atoms with Crippen LogP contribution in [0.4, 0.5) is 0 Å². The topological polar surface area (TPSA) is 20.3 Å². The van der Waals surface area contributed by atoms with E-state index in [1.165, 1.54) is 12.8 Å². The second kappa shape index (κ2) is 4.49. The maximum Gasteiger partial charge on any atom is 0.228 e. The van der Waals surface area contributed by atoms with Crippen LogP contribution in [0.15, 0.2) is 0 Å². The third kappa shape index (κ3) is 2.02. The van der Waals surface area contributed by atoms with Crippen molar-refractivity contribution in [2.75, 3.05) is 13.1 Å². The van der Waals surface area contributed by atoms with E-state index in [4.69, 9.17) is 0 Å². The SMILES string of the molecule is CC(C)C1CC2CN(C(=O)C3(C)CCC3)CC2C1C. The largest absolute Gasteiger partial charge is 0.342 e. The molecule has 0 aromatic heterocycles. The van der Waals surface area contributed by atoms with Gasteiger partial charge in [0.25, 0.3) is 0 Å². The van der Waals surface area contributed by atoms with Gasteiger partial charge < -0.3 is 4.90 Å². The summed E-state index contributed by atoms with van der Waals surface area (Å²) in [7, 11) is 0. The molecule has 4 atom stereocenters. The number of amides is 1. The van der Waals surface area contributed by atoms with E-state index in [1.807, 2.05) is 0 Å². The van der Waals surface area contributed by atoms with E-state index in [9.17, 15) is 4.79 Å². The van der Waals surface area contributed by atoms with Gasteiger partial charge in [-0.15, -0.1) is 0 Å². The van der Waals surface area contributed by atoms with Gasteiger partial charge in [0.15, 0.2) is 0 Å². The van der Waals surface area contributed by atoms with Crippen LogP contribution < -0.4 is 0 Å². The van der Waals surface area contributed by atoms with E-state index >= 15 is 0 Å². The number of hydrogen-bond acceptors (Lipinski definition) is 1. The van der Waals surface area contributed by atoms with Crippen molar-refractivity contribution in [2.45, 2.75) is 53.4 Å². The first-order valence-corrected chi connectivity index (χ1v) is 8.22. The molecule has 2 heteroatoms. The molecule has 0 N–H and O–H groups in total. The summed E-state index contributed by atoms with van der Waals surface area (Å²) in [5.74, 6) is 4.51. The van der Waals surface area contributed by atoms with Gasteiger partial charge in [0.2, 0.25) is 5.91 Å². The first-order chi connectivity index (χ1) is 8.92. The number of likely N-dealkylation sites (tertiary alicyclic amines) is 1. The normalized spacial score (nSPS) is 40.4. The summed E-state index contributed by atoms with van der Waals surface area (Å²) in [4.78, 5) is 14.8. The average Bonchev–Trinajstić information content (AvgIpc) is 2.85. The molecule has 3 fully saturated rings. The number of carbonyl (C=O) groups is 1. The molecule has 2 nitrogen and oxygen atoms in total. The van der Waals surface area contributed by atoms with E-state index in [2.05, 4.69) is 32.6 Å². The van der Waals surface area contributed by atoms with Crippen molar-refractivity contribution in [3.05, 3.63) is 0 Å². The third-order valence-corrected chi connectivity index (χ3v) is 6.53. The quantitative estimate of drug-likeness (QED) is 0.746. The van der Waals surface area contributed by atoms with Crippen molar-refractivity contribution in [3.8, 4) is 0 Å². The van der Waals surface area contributed by atoms with Gasteiger partial charge in [0.05, 0.1) is 0 Å². The number of carbonyl (C=O) groups excluding carboxylic acids is 1. The molecule has 1 aliphatic heterocycles. The lowest BCUT2D eigenvalue weighted by atomic mass is 9.69. The zero-order valence-corrected chi connectivity index (χ0v) is 13.0. The number of hydrogen-bond donors (Lipinski definition) is 0. The van der Waals surface area contributed by atoms with Crippen molar-refractivity contribution in [1.82, 2.24) is 4.90 Å². The second-order valence-electron chi connectivity index (χ2n) is 8.05. The summed E-state index contributed by atoms with van der Waals surface area (Å²) in [5.41, 5.74) is -0.000670. The number of fused-ring (bicyclic) bond motifs is 1. The molecule has 1 saturated heterocycles. The van der Waals surface area contributed by atoms with E-state index < -0.39 is 0 Å².